The molecule has 0 aromatic heterocycles. The third-order valence-corrected chi connectivity index (χ3v) is 2.87. The normalized spacial score (nSPS) is 13.5. The van der Waals surface area contributed by atoms with E-state index in [2.05, 4.69) is 21.2 Å². The minimum Gasteiger partial charge on any atom is -0.348 e. The van der Waals surface area contributed by atoms with Crippen molar-refractivity contribution in [3.05, 3.63) is 34.3 Å². The third-order valence-electron chi connectivity index (χ3n) is 2.14. The van der Waals surface area contributed by atoms with Gasteiger partial charge in [-0.2, -0.15) is 0 Å². The Kier molecular flexibility index (Phi) is 6.64. The molecule has 1 rings (SSSR count). The Labute approximate surface area is 110 Å². The fourth-order valence-corrected chi connectivity index (χ4v) is 1.88. The van der Waals surface area contributed by atoms with Gasteiger partial charge in [-0.15, -0.1) is 12.4 Å². The number of carbonyl (C=O) groups is 1. The standard InChI is InChI=1S/C11H15BrN2O.ClH/c1-7(13)11(15)14-8(2)9-5-3-4-6-10(9)12;/h3-8H,13H2,1-2H3,(H,14,15);1H/t7-,8?;/m0./s1. The van der Waals surface area contributed by atoms with Crippen LogP contribution in [0.4, 0.5) is 0 Å². The van der Waals surface area contributed by atoms with Gasteiger partial charge in [0.25, 0.3) is 0 Å². The topological polar surface area (TPSA) is 55.1 Å². The summed E-state index contributed by atoms with van der Waals surface area (Å²) < 4.78 is 0.988. The Bertz CT molecular complexity index is 358. The van der Waals surface area contributed by atoms with Crippen LogP contribution in [-0.2, 0) is 4.79 Å². The SMILES string of the molecule is CC(NC(=O)[C@H](C)N)c1ccccc1Br.Cl. The Hall–Kier alpha value is -0.580. The van der Waals surface area contributed by atoms with Crippen molar-refractivity contribution in [3.63, 3.8) is 0 Å². The average molecular weight is 308 g/mol. The van der Waals surface area contributed by atoms with Crippen LogP contribution in [0.2, 0.25) is 0 Å². The fraction of sp³-hybridized carbons (Fsp3) is 0.364. The van der Waals surface area contributed by atoms with Crippen LogP contribution < -0.4 is 11.1 Å². The number of benzene rings is 1. The van der Waals surface area contributed by atoms with Crippen molar-refractivity contribution in [2.45, 2.75) is 25.9 Å². The van der Waals surface area contributed by atoms with Crippen LogP contribution in [0.25, 0.3) is 0 Å². The van der Waals surface area contributed by atoms with E-state index in [0.29, 0.717) is 0 Å². The second-order valence-corrected chi connectivity index (χ2v) is 4.39. The number of rotatable bonds is 3. The van der Waals surface area contributed by atoms with Gasteiger partial charge in [-0.25, -0.2) is 0 Å². The van der Waals surface area contributed by atoms with Gasteiger partial charge in [-0.1, -0.05) is 34.1 Å². The molecule has 0 aliphatic heterocycles. The van der Waals surface area contributed by atoms with E-state index in [1.165, 1.54) is 0 Å². The molecular weight excluding hydrogens is 291 g/mol. The molecular formula is C11H16BrClN2O. The van der Waals surface area contributed by atoms with Crippen molar-refractivity contribution >= 4 is 34.2 Å². The summed E-state index contributed by atoms with van der Waals surface area (Å²) in [5.41, 5.74) is 6.52. The molecule has 0 saturated heterocycles. The van der Waals surface area contributed by atoms with Gasteiger partial charge in [0, 0.05) is 4.47 Å². The summed E-state index contributed by atoms with van der Waals surface area (Å²) in [5, 5.41) is 2.84. The van der Waals surface area contributed by atoms with Crippen LogP contribution in [0.15, 0.2) is 28.7 Å². The molecule has 0 aliphatic carbocycles. The summed E-state index contributed by atoms with van der Waals surface area (Å²) in [6, 6.07) is 7.27. The molecule has 0 radical (unpaired) electrons. The van der Waals surface area contributed by atoms with Crippen LogP contribution in [0, 0.1) is 0 Å². The number of amides is 1. The van der Waals surface area contributed by atoms with Gasteiger partial charge in [0.15, 0.2) is 0 Å². The number of nitrogens with one attached hydrogen (secondary N) is 1. The summed E-state index contributed by atoms with van der Waals surface area (Å²) in [6.07, 6.45) is 0. The summed E-state index contributed by atoms with van der Waals surface area (Å²) >= 11 is 3.44. The lowest BCUT2D eigenvalue weighted by molar-refractivity contribution is -0.122. The van der Waals surface area contributed by atoms with Crippen LogP contribution in [-0.4, -0.2) is 11.9 Å². The predicted molar refractivity (Wildman–Crippen MR) is 71.6 cm³/mol. The molecule has 16 heavy (non-hydrogen) atoms. The minimum atomic E-state index is -0.477. The Balaban J connectivity index is 0.00000225. The number of carbonyl (C=O) groups excluding carboxylic acids is 1. The van der Waals surface area contributed by atoms with E-state index in [-0.39, 0.29) is 24.4 Å². The Morgan fingerprint density at radius 1 is 1.38 bits per heavy atom. The molecule has 2 atom stereocenters. The first kappa shape index (κ1) is 15.4. The maximum atomic E-state index is 11.4. The zero-order valence-electron chi connectivity index (χ0n) is 9.24. The molecule has 3 nitrogen and oxygen atoms in total. The molecule has 0 fully saturated rings. The molecule has 0 heterocycles. The van der Waals surface area contributed by atoms with Crippen LogP contribution in [0.3, 0.4) is 0 Å². The molecule has 1 aromatic carbocycles. The molecule has 90 valence electrons. The molecule has 1 aromatic rings. The predicted octanol–water partition coefficient (Wildman–Crippen LogP) is 2.40. The number of halogens is 2. The Morgan fingerprint density at radius 2 is 1.94 bits per heavy atom. The minimum absolute atomic E-state index is 0. The first-order chi connectivity index (χ1) is 7.02. The van der Waals surface area contributed by atoms with E-state index in [1.807, 2.05) is 31.2 Å². The van der Waals surface area contributed by atoms with Gasteiger partial charge in [0.1, 0.15) is 0 Å². The van der Waals surface area contributed by atoms with Crippen molar-refractivity contribution in [1.29, 1.82) is 0 Å². The Morgan fingerprint density at radius 3 is 2.44 bits per heavy atom. The van der Waals surface area contributed by atoms with Crippen LogP contribution >= 0.6 is 28.3 Å². The quantitative estimate of drug-likeness (QED) is 0.901. The maximum absolute atomic E-state index is 11.4. The first-order valence-corrected chi connectivity index (χ1v) is 5.62. The van der Waals surface area contributed by atoms with Crippen molar-refractivity contribution < 1.29 is 4.79 Å². The second kappa shape index (κ2) is 6.89. The largest absolute Gasteiger partial charge is 0.348 e. The van der Waals surface area contributed by atoms with Gasteiger partial charge in [0.05, 0.1) is 12.1 Å². The number of hydrogen-bond acceptors (Lipinski definition) is 2. The second-order valence-electron chi connectivity index (χ2n) is 3.54. The summed E-state index contributed by atoms with van der Waals surface area (Å²) in [5.74, 6) is -0.141. The smallest absolute Gasteiger partial charge is 0.237 e. The summed E-state index contributed by atoms with van der Waals surface area (Å²) in [4.78, 5) is 11.4. The number of hydrogen-bond donors (Lipinski definition) is 2. The highest BCUT2D eigenvalue weighted by atomic mass is 79.9. The van der Waals surface area contributed by atoms with Gasteiger partial charge in [-0.05, 0) is 25.5 Å². The van der Waals surface area contributed by atoms with E-state index in [9.17, 15) is 4.79 Å². The van der Waals surface area contributed by atoms with Crippen molar-refractivity contribution in [1.82, 2.24) is 5.32 Å². The van der Waals surface area contributed by atoms with E-state index < -0.39 is 6.04 Å². The lowest BCUT2D eigenvalue weighted by atomic mass is 10.1. The molecule has 0 saturated carbocycles. The molecule has 0 bridgehead atoms. The zero-order chi connectivity index (χ0) is 11.4. The van der Waals surface area contributed by atoms with Crippen molar-refractivity contribution in [2.75, 3.05) is 0 Å². The highest BCUT2D eigenvalue weighted by Gasteiger charge is 2.13. The molecule has 0 aliphatic rings. The maximum Gasteiger partial charge on any atom is 0.237 e. The lowest BCUT2D eigenvalue weighted by Gasteiger charge is -2.17. The molecule has 1 unspecified atom stereocenters. The summed E-state index contributed by atoms with van der Waals surface area (Å²) in [7, 11) is 0. The van der Waals surface area contributed by atoms with Crippen molar-refractivity contribution in [3.8, 4) is 0 Å². The lowest BCUT2D eigenvalue weighted by Crippen LogP contribution is -2.39. The van der Waals surface area contributed by atoms with E-state index >= 15 is 0 Å². The average Bonchev–Trinajstić information content (AvgIpc) is 2.18. The van der Waals surface area contributed by atoms with Crippen molar-refractivity contribution in [2.24, 2.45) is 5.73 Å². The van der Waals surface area contributed by atoms with Gasteiger partial charge in [-0.3, -0.25) is 4.79 Å². The molecule has 5 heteroatoms. The van der Waals surface area contributed by atoms with E-state index in [1.54, 1.807) is 6.92 Å². The highest BCUT2D eigenvalue weighted by molar-refractivity contribution is 9.10. The van der Waals surface area contributed by atoms with Gasteiger partial charge >= 0.3 is 0 Å². The van der Waals surface area contributed by atoms with Gasteiger partial charge < -0.3 is 11.1 Å². The number of nitrogens with two attached hydrogens (primary N) is 1. The van der Waals surface area contributed by atoms with E-state index in [4.69, 9.17) is 5.73 Å². The zero-order valence-corrected chi connectivity index (χ0v) is 11.6. The third kappa shape index (κ3) is 4.12. The summed E-state index contributed by atoms with van der Waals surface area (Å²) in [6.45, 7) is 3.60. The fourth-order valence-electron chi connectivity index (χ4n) is 1.25. The van der Waals surface area contributed by atoms with Crippen LogP contribution in [0.1, 0.15) is 25.5 Å². The highest BCUT2D eigenvalue weighted by Crippen LogP contribution is 2.22. The molecule has 3 N–H and O–H groups in total. The monoisotopic (exact) mass is 306 g/mol. The van der Waals surface area contributed by atoms with Crippen LogP contribution in [0.5, 0.6) is 0 Å². The molecule has 1 amide bonds. The first-order valence-electron chi connectivity index (χ1n) is 4.82. The molecule has 0 spiro atoms. The van der Waals surface area contributed by atoms with E-state index in [0.717, 1.165) is 10.0 Å². The van der Waals surface area contributed by atoms with Gasteiger partial charge in [0.2, 0.25) is 5.91 Å².